The van der Waals surface area contributed by atoms with Gasteiger partial charge in [0.25, 0.3) is 5.91 Å². The molecular formula is C46H57BrN10O6S. The summed E-state index contributed by atoms with van der Waals surface area (Å²) in [5.41, 5.74) is 7.13. The topological polar surface area (TPSA) is 190 Å². The number of fused-ring (bicyclic) bond motifs is 1. The van der Waals surface area contributed by atoms with Crippen LogP contribution in [0.5, 0.6) is 5.75 Å². The number of para-hydroxylation sites is 1. The van der Waals surface area contributed by atoms with Crippen molar-refractivity contribution in [1.29, 1.82) is 0 Å². The van der Waals surface area contributed by atoms with E-state index in [4.69, 9.17) is 9.72 Å². The SMILES string of the molecule is COc1cc(N2CCC(NCCNC[C@H]3C[C@H](C4C=CC5=C(C4)CN(C4CCC(=O)NC4=O)C5=O)C3)CC2)c(C)cc1Nc1ncc(Br)c(Nc2cccc3c2N(S(C)(=O)=O)CC3)n1. The Balaban J connectivity index is 0.702. The normalized spacial score (nSPS) is 23.6. The quantitative estimate of drug-likeness (QED) is 0.101. The van der Waals surface area contributed by atoms with E-state index in [1.807, 2.05) is 24.3 Å². The number of nitrogens with zero attached hydrogens (tertiary/aromatic N) is 5. The molecule has 6 aliphatic rings. The summed E-state index contributed by atoms with van der Waals surface area (Å²) < 4.78 is 33.1. The standard InChI is InChI=1S/C46H57BrN10O6S/c1-27-19-37(52-46-50-25-35(47)43(54-46)51-36-6-4-5-29-11-18-57(42(29)36)64(3,61)62)40(63-2)23-39(27)55-16-12-33(13-17-55)49-15-14-48-24-28-20-31(21-28)30-7-8-34-32(22-30)26-56(45(34)60)38-9-10-41(58)53-44(38)59/h4-8,19,23,25,28,30-31,33,38,48-49H,9-18,20-22,24,26H2,1-3H3,(H,53,58,59)(H2,50,51,52,54)/t28-,30?,31-,38?. The van der Waals surface area contributed by atoms with Gasteiger partial charge in [0.05, 0.1) is 34.9 Å². The number of aromatic nitrogens is 2. The van der Waals surface area contributed by atoms with E-state index in [1.165, 1.54) is 23.4 Å². The van der Waals surface area contributed by atoms with Crippen LogP contribution < -0.4 is 40.5 Å². The Kier molecular flexibility index (Phi) is 12.7. The molecule has 340 valence electrons. The molecule has 4 aliphatic heterocycles. The molecule has 2 saturated heterocycles. The zero-order chi connectivity index (χ0) is 44.7. The first kappa shape index (κ1) is 44.2. The monoisotopic (exact) mass is 956 g/mol. The largest absolute Gasteiger partial charge is 0.494 e. The van der Waals surface area contributed by atoms with E-state index in [-0.39, 0.29) is 24.1 Å². The van der Waals surface area contributed by atoms with Gasteiger partial charge in [0, 0.05) is 75.3 Å². The highest BCUT2D eigenvalue weighted by atomic mass is 79.9. The molecule has 5 N–H and O–H groups in total. The van der Waals surface area contributed by atoms with E-state index < -0.39 is 16.1 Å². The Morgan fingerprint density at radius 2 is 1.81 bits per heavy atom. The van der Waals surface area contributed by atoms with Crippen LogP contribution in [-0.4, -0.2) is 112 Å². The molecule has 1 saturated carbocycles. The summed E-state index contributed by atoms with van der Waals surface area (Å²) in [5.74, 6) is 2.56. The van der Waals surface area contributed by atoms with E-state index >= 15 is 0 Å². The number of halogens is 1. The number of amides is 3. The fourth-order valence-corrected chi connectivity index (χ4v) is 11.6. The Morgan fingerprint density at radius 1 is 1.00 bits per heavy atom. The maximum absolute atomic E-state index is 13.1. The Labute approximate surface area is 383 Å². The number of anilines is 6. The summed E-state index contributed by atoms with van der Waals surface area (Å²) in [6.07, 6.45) is 13.7. The highest BCUT2D eigenvalue weighted by Crippen LogP contribution is 2.45. The van der Waals surface area contributed by atoms with Gasteiger partial charge in [-0.25, -0.2) is 13.4 Å². The number of imide groups is 1. The predicted octanol–water partition coefficient (Wildman–Crippen LogP) is 5.06. The van der Waals surface area contributed by atoms with E-state index in [0.717, 1.165) is 85.6 Å². The number of carbonyl (C=O) groups excluding carboxylic acids is 3. The van der Waals surface area contributed by atoms with Gasteiger partial charge in [0.1, 0.15) is 17.6 Å². The van der Waals surface area contributed by atoms with E-state index in [9.17, 15) is 22.8 Å². The van der Waals surface area contributed by atoms with E-state index in [0.29, 0.717) is 83.1 Å². The first-order chi connectivity index (χ1) is 30.8. The minimum atomic E-state index is -3.44. The predicted molar refractivity (Wildman–Crippen MR) is 251 cm³/mol. The summed E-state index contributed by atoms with van der Waals surface area (Å²) in [5, 5.41) is 16.5. The third kappa shape index (κ3) is 9.24. The van der Waals surface area contributed by atoms with Crippen molar-refractivity contribution in [3.8, 4) is 5.75 Å². The fourth-order valence-electron chi connectivity index (χ4n) is 10.4. The third-order valence-corrected chi connectivity index (χ3v) is 15.6. The number of piperidine rings is 2. The van der Waals surface area contributed by atoms with Crippen LogP contribution in [0.25, 0.3) is 0 Å². The minimum Gasteiger partial charge on any atom is -0.494 e. The zero-order valence-electron chi connectivity index (χ0n) is 36.6. The molecule has 0 bridgehead atoms. The summed E-state index contributed by atoms with van der Waals surface area (Å²) in [6.45, 7) is 7.75. The Bertz CT molecular complexity index is 2500. The number of hydrogen-bond acceptors (Lipinski definition) is 13. The van der Waals surface area contributed by atoms with Crippen LogP contribution in [-0.2, 0) is 30.8 Å². The van der Waals surface area contributed by atoms with Crippen LogP contribution in [0.2, 0.25) is 0 Å². The van der Waals surface area contributed by atoms with Crippen LogP contribution in [0.3, 0.4) is 0 Å². The van der Waals surface area contributed by atoms with Gasteiger partial charge in [-0.1, -0.05) is 24.3 Å². The van der Waals surface area contributed by atoms with Crippen molar-refractivity contribution in [2.45, 2.75) is 70.4 Å². The molecule has 1 aromatic heterocycles. The summed E-state index contributed by atoms with van der Waals surface area (Å²) >= 11 is 3.56. The average molecular weight is 958 g/mol. The number of benzene rings is 2. The van der Waals surface area contributed by atoms with Crippen molar-refractivity contribution in [2.75, 3.05) is 79.0 Å². The van der Waals surface area contributed by atoms with Crippen molar-refractivity contribution in [3.05, 3.63) is 75.4 Å². The van der Waals surface area contributed by atoms with E-state index in [2.05, 4.69) is 77.5 Å². The maximum Gasteiger partial charge on any atom is 0.254 e. The maximum atomic E-state index is 13.1. The first-order valence-electron chi connectivity index (χ1n) is 22.4. The number of aryl methyl sites for hydroxylation is 1. The number of sulfonamides is 1. The number of methoxy groups -OCH3 is 1. The van der Waals surface area contributed by atoms with Gasteiger partial charge in [0.2, 0.25) is 27.8 Å². The molecule has 2 unspecified atom stereocenters. The average Bonchev–Trinajstić information content (AvgIpc) is 3.85. The molecule has 5 heterocycles. The summed E-state index contributed by atoms with van der Waals surface area (Å²) in [4.78, 5) is 50.5. The second-order valence-electron chi connectivity index (χ2n) is 18.0. The lowest BCUT2D eigenvalue weighted by Crippen LogP contribution is -2.53. The molecule has 18 heteroatoms. The molecule has 3 aromatic rings. The molecule has 2 aromatic carbocycles. The van der Waals surface area contributed by atoms with Crippen LogP contribution in [0.1, 0.15) is 56.1 Å². The Morgan fingerprint density at radius 3 is 2.58 bits per heavy atom. The highest BCUT2D eigenvalue weighted by Gasteiger charge is 2.43. The van der Waals surface area contributed by atoms with E-state index in [1.54, 1.807) is 18.2 Å². The lowest BCUT2D eigenvalue weighted by atomic mass is 9.66. The number of allylic oxidation sites excluding steroid dienone is 1. The number of carbonyl (C=O) groups is 3. The Hall–Kier alpha value is -5.04. The van der Waals surface area contributed by atoms with Crippen LogP contribution in [0.4, 0.5) is 34.5 Å². The lowest BCUT2D eigenvalue weighted by Gasteiger charge is -2.41. The molecule has 2 atom stereocenters. The van der Waals surface area contributed by atoms with Gasteiger partial charge in [-0.2, -0.15) is 4.98 Å². The van der Waals surface area contributed by atoms with Crippen molar-refractivity contribution >= 4 is 78.2 Å². The van der Waals surface area contributed by atoms with Gasteiger partial charge >= 0.3 is 0 Å². The summed E-state index contributed by atoms with van der Waals surface area (Å²) in [6, 6.07) is 9.77. The van der Waals surface area contributed by atoms with Crippen molar-refractivity contribution in [3.63, 3.8) is 0 Å². The number of rotatable bonds is 15. The number of ether oxygens (including phenoxy) is 1. The molecule has 0 spiro atoms. The molecule has 3 fully saturated rings. The summed E-state index contributed by atoms with van der Waals surface area (Å²) in [7, 11) is -1.78. The van der Waals surface area contributed by atoms with Gasteiger partial charge in [-0.3, -0.25) is 24.0 Å². The minimum absolute atomic E-state index is 0.0799. The zero-order valence-corrected chi connectivity index (χ0v) is 39.0. The van der Waals surface area contributed by atoms with Crippen molar-refractivity contribution in [1.82, 2.24) is 30.8 Å². The number of nitrogens with one attached hydrogen (secondary N) is 5. The molecule has 64 heavy (non-hydrogen) atoms. The lowest BCUT2D eigenvalue weighted by molar-refractivity contribution is -0.142. The van der Waals surface area contributed by atoms with Gasteiger partial charge in [-0.05, 0) is 121 Å². The van der Waals surface area contributed by atoms with Gasteiger partial charge in [-0.15, -0.1) is 0 Å². The first-order valence-corrected chi connectivity index (χ1v) is 25.1. The second-order valence-corrected chi connectivity index (χ2v) is 20.8. The molecular weight excluding hydrogens is 901 g/mol. The van der Waals surface area contributed by atoms with Gasteiger partial charge in [0.15, 0.2) is 0 Å². The molecule has 2 aliphatic carbocycles. The fraction of sp³-hybridized carbons (Fsp3) is 0.500. The molecule has 9 rings (SSSR count). The highest BCUT2D eigenvalue weighted by molar-refractivity contribution is 9.10. The van der Waals surface area contributed by atoms with Crippen LogP contribution >= 0.6 is 15.9 Å². The molecule has 16 nitrogen and oxygen atoms in total. The second kappa shape index (κ2) is 18.4. The van der Waals surface area contributed by atoms with Gasteiger partial charge < -0.3 is 35.8 Å². The number of hydrogen-bond donors (Lipinski definition) is 5. The third-order valence-electron chi connectivity index (χ3n) is 13.8. The van der Waals surface area contributed by atoms with Crippen LogP contribution in [0, 0.1) is 24.7 Å². The smallest absolute Gasteiger partial charge is 0.254 e. The van der Waals surface area contributed by atoms with Crippen molar-refractivity contribution < 1.29 is 27.5 Å². The molecule has 0 radical (unpaired) electrons. The van der Waals surface area contributed by atoms with Crippen LogP contribution in [0.15, 0.2) is 64.3 Å². The van der Waals surface area contributed by atoms with Crippen molar-refractivity contribution in [2.24, 2.45) is 17.8 Å². The molecule has 3 amide bonds.